The maximum absolute atomic E-state index is 11.7. The molecule has 1 aromatic rings. The van der Waals surface area contributed by atoms with Crippen LogP contribution in [0.1, 0.15) is 37.7 Å². The van der Waals surface area contributed by atoms with Gasteiger partial charge in [0.05, 0.1) is 6.10 Å². The summed E-state index contributed by atoms with van der Waals surface area (Å²) in [6, 6.07) is 1.59. The Morgan fingerprint density at radius 2 is 2.33 bits per heavy atom. The highest BCUT2D eigenvalue weighted by atomic mass is 16.5. The Labute approximate surface area is 107 Å². The van der Waals surface area contributed by atoms with E-state index in [1.165, 1.54) is 0 Å². The Bertz CT molecular complexity index is 387. The van der Waals surface area contributed by atoms with E-state index in [2.05, 4.69) is 10.4 Å². The van der Waals surface area contributed by atoms with Crippen molar-refractivity contribution < 1.29 is 9.53 Å². The molecular weight excluding hydrogens is 232 g/mol. The summed E-state index contributed by atoms with van der Waals surface area (Å²) in [5.74, 6) is 0.309. The normalized spacial score (nSPS) is 10.9. The summed E-state index contributed by atoms with van der Waals surface area (Å²) in [6.45, 7) is 7.76. The van der Waals surface area contributed by atoms with Crippen LogP contribution in [0.5, 0.6) is 0 Å². The number of amides is 1. The number of carbonyl (C=O) groups is 1. The number of nitrogen functional groups attached to an aromatic ring is 1. The van der Waals surface area contributed by atoms with Gasteiger partial charge in [0.2, 0.25) is 0 Å². The van der Waals surface area contributed by atoms with E-state index in [1.807, 2.05) is 20.8 Å². The SMILES string of the molecule is CCn1nc(C(=O)NCCCOC(C)C)cc1N. The molecule has 0 fully saturated rings. The molecule has 1 heterocycles. The second-order valence-electron chi connectivity index (χ2n) is 4.30. The minimum atomic E-state index is -0.196. The minimum Gasteiger partial charge on any atom is -0.384 e. The second kappa shape index (κ2) is 7.00. The van der Waals surface area contributed by atoms with Crippen LogP contribution in [0.4, 0.5) is 5.82 Å². The third-order valence-corrected chi connectivity index (χ3v) is 2.40. The van der Waals surface area contributed by atoms with Crippen molar-refractivity contribution in [2.24, 2.45) is 0 Å². The molecule has 1 amide bonds. The average Bonchev–Trinajstić information content (AvgIpc) is 2.69. The zero-order chi connectivity index (χ0) is 13.5. The largest absolute Gasteiger partial charge is 0.384 e. The van der Waals surface area contributed by atoms with Gasteiger partial charge in [0, 0.05) is 25.8 Å². The van der Waals surface area contributed by atoms with Crippen LogP contribution in [-0.4, -0.2) is 34.9 Å². The minimum absolute atomic E-state index is 0.196. The maximum Gasteiger partial charge on any atom is 0.271 e. The van der Waals surface area contributed by atoms with Crippen molar-refractivity contribution in [3.05, 3.63) is 11.8 Å². The van der Waals surface area contributed by atoms with Crippen molar-refractivity contribution >= 4 is 11.7 Å². The monoisotopic (exact) mass is 254 g/mol. The Morgan fingerprint density at radius 3 is 2.89 bits per heavy atom. The maximum atomic E-state index is 11.7. The van der Waals surface area contributed by atoms with Crippen LogP contribution in [-0.2, 0) is 11.3 Å². The standard InChI is InChI=1S/C12H22N4O2/c1-4-16-11(13)8-10(15-16)12(17)14-6-5-7-18-9(2)3/h8-9H,4-7,13H2,1-3H3,(H,14,17). The number of anilines is 1. The molecular formula is C12H22N4O2. The van der Waals surface area contributed by atoms with Crippen LogP contribution in [0.25, 0.3) is 0 Å². The van der Waals surface area contributed by atoms with Crippen LogP contribution in [0.2, 0.25) is 0 Å². The van der Waals surface area contributed by atoms with Crippen molar-refractivity contribution in [2.45, 2.75) is 39.8 Å². The third-order valence-electron chi connectivity index (χ3n) is 2.40. The molecule has 6 nitrogen and oxygen atoms in total. The summed E-state index contributed by atoms with van der Waals surface area (Å²) in [5, 5.41) is 6.89. The Morgan fingerprint density at radius 1 is 1.61 bits per heavy atom. The number of carbonyl (C=O) groups excluding carboxylic acids is 1. The summed E-state index contributed by atoms with van der Waals surface area (Å²) in [5.41, 5.74) is 6.06. The van der Waals surface area contributed by atoms with Gasteiger partial charge in [0.1, 0.15) is 5.82 Å². The number of ether oxygens (including phenoxy) is 1. The molecule has 0 unspecified atom stereocenters. The fraction of sp³-hybridized carbons (Fsp3) is 0.667. The third kappa shape index (κ3) is 4.37. The fourth-order valence-corrected chi connectivity index (χ4v) is 1.48. The van der Waals surface area contributed by atoms with Gasteiger partial charge in [-0.15, -0.1) is 0 Å². The number of nitrogens with zero attached hydrogens (tertiary/aromatic N) is 2. The number of aryl methyl sites for hydroxylation is 1. The molecule has 1 rings (SSSR count). The molecule has 3 N–H and O–H groups in total. The summed E-state index contributed by atoms with van der Waals surface area (Å²) < 4.78 is 6.97. The molecule has 0 bridgehead atoms. The molecule has 18 heavy (non-hydrogen) atoms. The first kappa shape index (κ1) is 14.5. The summed E-state index contributed by atoms with van der Waals surface area (Å²) in [4.78, 5) is 11.7. The van der Waals surface area contributed by atoms with Crippen LogP contribution in [0.3, 0.4) is 0 Å². The number of nitrogens with two attached hydrogens (primary N) is 1. The molecule has 0 spiro atoms. The summed E-state index contributed by atoms with van der Waals surface area (Å²) in [6.07, 6.45) is 1.01. The lowest BCUT2D eigenvalue weighted by Gasteiger charge is -2.07. The molecule has 102 valence electrons. The highest BCUT2D eigenvalue weighted by Gasteiger charge is 2.11. The Hall–Kier alpha value is -1.56. The molecule has 0 aliphatic heterocycles. The first-order valence-electron chi connectivity index (χ1n) is 6.27. The number of rotatable bonds is 7. The number of aromatic nitrogens is 2. The van der Waals surface area contributed by atoms with E-state index in [9.17, 15) is 4.79 Å². The van der Waals surface area contributed by atoms with Gasteiger partial charge in [-0.2, -0.15) is 5.10 Å². The summed E-state index contributed by atoms with van der Waals surface area (Å²) >= 11 is 0. The molecule has 0 aromatic carbocycles. The number of hydrogen-bond acceptors (Lipinski definition) is 4. The molecule has 0 saturated carbocycles. The Balaban J connectivity index is 2.32. The van der Waals surface area contributed by atoms with Crippen molar-refractivity contribution in [3.8, 4) is 0 Å². The van der Waals surface area contributed by atoms with Crippen molar-refractivity contribution in [1.29, 1.82) is 0 Å². The first-order chi connectivity index (χ1) is 8.54. The van der Waals surface area contributed by atoms with Gasteiger partial charge in [-0.05, 0) is 27.2 Å². The highest BCUT2D eigenvalue weighted by Crippen LogP contribution is 2.05. The van der Waals surface area contributed by atoms with Crippen molar-refractivity contribution in [3.63, 3.8) is 0 Å². The fourth-order valence-electron chi connectivity index (χ4n) is 1.48. The zero-order valence-corrected chi connectivity index (χ0v) is 11.3. The lowest BCUT2D eigenvalue weighted by atomic mass is 10.3. The molecule has 0 aliphatic carbocycles. The highest BCUT2D eigenvalue weighted by molar-refractivity contribution is 5.92. The predicted molar refractivity (Wildman–Crippen MR) is 70.4 cm³/mol. The van der Waals surface area contributed by atoms with Crippen LogP contribution in [0.15, 0.2) is 6.07 Å². The Kier molecular flexibility index (Phi) is 5.64. The molecule has 0 aliphatic rings. The van der Waals surface area contributed by atoms with E-state index in [1.54, 1.807) is 10.7 Å². The van der Waals surface area contributed by atoms with Crippen LogP contribution in [0, 0.1) is 0 Å². The summed E-state index contributed by atoms with van der Waals surface area (Å²) in [7, 11) is 0. The van der Waals surface area contributed by atoms with Gasteiger partial charge in [-0.1, -0.05) is 0 Å². The molecule has 0 atom stereocenters. The van der Waals surface area contributed by atoms with Gasteiger partial charge >= 0.3 is 0 Å². The lowest BCUT2D eigenvalue weighted by molar-refractivity contribution is 0.0756. The molecule has 6 heteroatoms. The van der Waals surface area contributed by atoms with Gasteiger partial charge < -0.3 is 15.8 Å². The van der Waals surface area contributed by atoms with Crippen LogP contribution >= 0.6 is 0 Å². The van der Waals surface area contributed by atoms with E-state index < -0.39 is 0 Å². The predicted octanol–water partition coefficient (Wildman–Crippen LogP) is 1.03. The smallest absolute Gasteiger partial charge is 0.271 e. The van der Waals surface area contributed by atoms with E-state index in [4.69, 9.17) is 10.5 Å². The van der Waals surface area contributed by atoms with Gasteiger partial charge in [-0.25, -0.2) is 4.68 Å². The van der Waals surface area contributed by atoms with E-state index in [0.717, 1.165) is 6.42 Å². The number of nitrogens with one attached hydrogen (secondary N) is 1. The topological polar surface area (TPSA) is 82.2 Å². The van der Waals surface area contributed by atoms with Crippen molar-refractivity contribution in [2.75, 3.05) is 18.9 Å². The quantitative estimate of drug-likeness (QED) is 0.712. The van der Waals surface area contributed by atoms with Gasteiger partial charge in [-0.3, -0.25) is 4.79 Å². The van der Waals surface area contributed by atoms with Crippen LogP contribution < -0.4 is 11.1 Å². The van der Waals surface area contributed by atoms with Crippen molar-refractivity contribution in [1.82, 2.24) is 15.1 Å². The first-order valence-corrected chi connectivity index (χ1v) is 6.27. The van der Waals surface area contributed by atoms with E-state index in [-0.39, 0.29) is 12.0 Å². The number of hydrogen-bond donors (Lipinski definition) is 2. The van der Waals surface area contributed by atoms with Gasteiger partial charge in [0.15, 0.2) is 5.69 Å². The molecule has 1 aromatic heterocycles. The van der Waals surface area contributed by atoms with E-state index in [0.29, 0.717) is 31.2 Å². The van der Waals surface area contributed by atoms with E-state index >= 15 is 0 Å². The van der Waals surface area contributed by atoms with Gasteiger partial charge in [0.25, 0.3) is 5.91 Å². The average molecular weight is 254 g/mol. The lowest BCUT2D eigenvalue weighted by Crippen LogP contribution is -2.26. The molecule has 0 saturated heterocycles. The molecule has 0 radical (unpaired) electrons. The zero-order valence-electron chi connectivity index (χ0n) is 11.3. The second-order valence-corrected chi connectivity index (χ2v) is 4.30.